The van der Waals surface area contributed by atoms with E-state index < -0.39 is 15.9 Å². The van der Waals surface area contributed by atoms with Gasteiger partial charge in [0.25, 0.3) is 5.56 Å². The highest BCUT2D eigenvalue weighted by Gasteiger charge is 2.10. The molecule has 0 atom stereocenters. The van der Waals surface area contributed by atoms with Crippen LogP contribution in [0.25, 0.3) is 11.1 Å². The highest BCUT2D eigenvalue weighted by molar-refractivity contribution is 7.89. The predicted molar refractivity (Wildman–Crippen MR) is 135 cm³/mol. The predicted octanol–water partition coefficient (Wildman–Crippen LogP) is 2.25. The summed E-state index contributed by atoms with van der Waals surface area (Å²) in [6, 6.07) is 11.1. The van der Waals surface area contributed by atoms with Gasteiger partial charge in [-0.3, -0.25) is 19.2 Å². The monoisotopic (exact) mass is 505 g/mol. The Morgan fingerprint density at radius 1 is 1.00 bits per heavy atom. The van der Waals surface area contributed by atoms with Crippen LogP contribution in [0.3, 0.4) is 0 Å². The summed E-state index contributed by atoms with van der Waals surface area (Å²) >= 11 is 0. The molecule has 2 heterocycles. The number of carbonyl (C=O) groups excluding carboxylic acids is 1. The van der Waals surface area contributed by atoms with E-state index in [1.54, 1.807) is 12.3 Å². The lowest BCUT2D eigenvalue weighted by atomic mass is 10.1. The van der Waals surface area contributed by atoms with Crippen LogP contribution in [0, 0.1) is 0 Å². The Kier molecular flexibility index (Phi) is 10.3. The number of pyridine rings is 1. The normalized spacial score (nSPS) is 14.5. The van der Waals surface area contributed by atoms with Crippen LogP contribution in [-0.2, 0) is 26.1 Å². The molecule has 1 aliphatic heterocycles. The van der Waals surface area contributed by atoms with Gasteiger partial charge in [-0.1, -0.05) is 12.1 Å². The van der Waals surface area contributed by atoms with Gasteiger partial charge in [-0.15, -0.1) is 0 Å². The zero-order chi connectivity index (χ0) is 25.1. The molecule has 35 heavy (non-hydrogen) atoms. The van der Waals surface area contributed by atoms with E-state index in [0.717, 1.165) is 68.8 Å². The fraction of sp³-hybridized carbons (Fsp3) is 0.520. The van der Waals surface area contributed by atoms with E-state index in [9.17, 15) is 18.0 Å². The van der Waals surface area contributed by atoms with Crippen LogP contribution in [0.2, 0.25) is 0 Å². The Morgan fingerprint density at radius 3 is 2.43 bits per heavy atom. The number of benzene rings is 1. The maximum absolute atomic E-state index is 12.4. The van der Waals surface area contributed by atoms with Crippen LogP contribution >= 0.6 is 0 Å². The van der Waals surface area contributed by atoms with E-state index >= 15 is 0 Å². The van der Waals surface area contributed by atoms with Gasteiger partial charge in [-0.25, -0.2) is 8.42 Å². The number of aromatic nitrogens is 1. The van der Waals surface area contributed by atoms with Gasteiger partial charge in [-0.05, 0) is 61.6 Å². The quantitative estimate of drug-likeness (QED) is 0.416. The Hall–Kier alpha value is -2.69. The smallest absolute Gasteiger partial charge is 0.251 e. The Morgan fingerprint density at radius 2 is 1.74 bits per heavy atom. The third-order valence-corrected chi connectivity index (χ3v) is 6.38. The standard InChI is InChI=1S/C25H35N3O6S/c1-35(31,32)26-24(29)6-5-13-28-14-11-22(20-25(28)30)21-7-9-23(10-8-21)34-17-4-2-3-12-27-15-18-33-19-16-27/h7-11,14,20H,2-6,12-13,15-19H2,1H3,(H,26,29). The van der Waals surface area contributed by atoms with Crippen molar-refractivity contribution in [3.63, 3.8) is 0 Å². The number of morpholine rings is 1. The van der Waals surface area contributed by atoms with Crippen LogP contribution in [-0.4, -0.2) is 69.5 Å². The number of ether oxygens (including phenoxy) is 2. The van der Waals surface area contributed by atoms with Gasteiger partial charge in [0.2, 0.25) is 15.9 Å². The number of rotatable bonds is 13. The summed E-state index contributed by atoms with van der Waals surface area (Å²) < 4.78 is 36.8. The van der Waals surface area contributed by atoms with E-state index in [-0.39, 0.29) is 12.0 Å². The molecule has 1 amide bonds. The fourth-order valence-corrected chi connectivity index (χ4v) is 4.43. The number of unbranched alkanes of at least 4 members (excludes halogenated alkanes) is 2. The minimum absolute atomic E-state index is 0.0244. The van der Waals surface area contributed by atoms with Crippen molar-refractivity contribution in [3.8, 4) is 16.9 Å². The van der Waals surface area contributed by atoms with Crippen molar-refractivity contribution in [2.75, 3.05) is 45.7 Å². The van der Waals surface area contributed by atoms with Crippen molar-refractivity contribution < 1.29 is 22.7 Å². The van der Waals surface area contributed by atoms with Crippen molar-refractivity contribution in [2.24, 2.45) is 0 Å². The summed E-state index contributed by atoms with van der Waals surface area (Å²) in [6.07, 6.45) is 6.32. The second-order valence-corrected chi connectivity index (χ2v) is 10.5. The number of sulfonamides is 1. The molecule has 2 aromatic rings. The largest absolute Gasteiger partial charge is 0.494 e. The molecule has 10 heteroatoms. The first kappa shape index (κ1) is 26.9. The number of carbonyl (C=O) groups is 1. The van der Waals surface area contributed by atoms with Crippen molar-refractivity contribution in [3.05, 3.63) is 52.9 Å². The molecule has 1 aromatic carbocycles. The average molecular weight is 506 g/mol. The second kappa shape index (κ2) is 13.4. The van der Waals surface area contributed by atoms with Crippen LogP contribution < -0.4 is 15.0 Å². The van der Waals surface area contributed by atoms with Crippen molar-refractivity contribution in [2.45, 2.75) is 38.6 Å². The van der Waals surface area contributed by atoms with E-state index in [4.69, 9.17) is 9.47 Å². The minimum atomic E-state index is -3.56. The zero-order valence-electron chi connectivity index (χ0n) is 20.3. The first-order chi connectivity index (χ1) is 16.8. The van der Waals surface area contributed by atoms with Crippen LogP contribution in [0.1, 0.15) is 32.1 Å². The van der Waals surface area contributed by atoms with E-state index in [1.807, 2.05) is 35.1 Å². The molecule has 0 aliphatic carbocycles. The number of hydrogen-bond acceptors (Lipinski definition) is 7. The van der Waals surface area contributed by atoms with Gasteiger partial charge >= 0.3 is 0 Å². The molecule has 1 N–H and O–H groups in total. The number of nitrogens with zero attached hydrogens (tertiary/aromatic N) is 2. The highest BCUT2D eigenvalue weighted by Crippen LogP contribution is 2.21. The van der Waals surface area contributed by atoms with Gasteiger partial charge in [0.15, 0.2) is 0 Å². The zero-order valence-corrected chi connectivity index (χ0v) is 21.1. The molecule has 9 nitrogen and oxygen atoms in total. The van der Waals surface area contributed by atoms with E-state index in [1.165, 1.54) is 11.0 Å². The van der Waals surface area contributed by atoms with Crippen LogP contribution in [0.4, 0.5) is 0 Å². The molecule has 0 bridgehead atoms. The molecule has 0 saturated carbocycles. The lowest BCUT2D eigenvalue weighted by Gasteiger charge is -2.26. The molecule has 1 fully saturated rings. The minimum Gasteiger partial charge on any atom is -0.494 e. The van der Waals surface area contributed by atoms with Crippen LogP contribution in [0.15, 0.2) is 47.4 Å². The number of hydrogen-bond donors (Lipinski definition) is 1. The molecule has 1 aliphatic rings. The first-order valence-electron chi connectivity index (χ1n) is 12.0. The number of nitrogens with one attached hydrogen (secondary N) is 1. The molecule has 192 valence electrons. The molecule has 0 spiro atoms. The molecular formula is C25H35N3O6S. The lowest BCUT2D eigenvalue weighted by molar-refractivity contribution is -0.119. The molecule has 3 rings (SSSR count). The third-order valence-electron chi connectivity index (χ3n) is 5.78. The Balaban J connectivity index is 1.39. The van der Waals surface area contributed by atoms with Crippen molar-refractivity contribution in [1.29, 1.82) is 0 Å². The summed E-state index contributed by atoms with van der Waals surface area (Å²) in [5.41, 5.74) is 1.54. The summed E-state index contributed by atoms with van der Waals surface area (Å²) in [7, 11) is -3.56. The lowest BCUT2D eigenvalue weighted by Crippen LogP contribution is -2.36. The van der Waals surface area contributed by atoms with Gasteiger partial charge < -0.3 is 14.0 Å². The van der Waals surface area contributed by atoms with E-state index in [2.05, 4.69) is 4.90 Å². The van der Waals surface area contributed by atoms with Crippen LogP contribution in [0.5, 0.6) is 5.75 Å². The van der Waals surface area contributed by atoms with Crippen molar-refractivity contribution in [1.82, 2.24) is 14.2 Å². The number of aryl methyl sites for hydroxylation is 1. The van der Waals surface area contributed by atoms with Gasteiger partial charge in [0, 0.05) is 38.3 Å². The Labute approximate surface area is 207 Å². The van der Waals surface area contributed by atoms with Gasteiger partial charge in [0.1, 0.15) is 5.75 Å². The summed E-state index contributed by atoms with van der Waals surface area (Å²) in [6.45, 7) is 5.88. The summed E-state index contributed by atoms with van der Waals surface area (Å²) in [5, 5.41) is 0. The summed E-state index contributed by atoms with van der Waals surface area (Å²) in [4.78, 5) is 26.5. The molecule has 1 aromatic heterocycles. The molecular weight excluding hydrogens is 470 g/mol. The first-order valence-corrected chi connectivity index (χ1v) is 13.9. The maximum atomic E-state index is 12.4. The topological polar surface area (TPSA) is 107 Å². The molecule has 0 radical (unpaired) electrons. The number of amides is 1. The average Bonchev–Trinajstić information content (AvgIpc) is 2.82. The highest BCUT2D eigenvalue weighted by atomic mass is 32.2. The summed E-state index contributed by atoms with van der Waals surface area (Å²) in [5.74, 6) is 0.232. The fourth-order valence-electron chi connectivity index (χ4n) is 3.91. The molecule has 0 unspecified atom stereocenters. The van der Waals surface area contributed by atoms with Gasteiger partial charge in [0.05, 0.1) is 26.1 Å². The third kappa shape index (κ3) is 9.83. The molecule has 1 saturated heterocycles. The van der Waals surface area contributed by atoms with E-state index in [0.29, 0.717) is 19.6 Å². The van der Waals surface area contributed by atoms with Gasteiger partial charge in [-0.2, -0.15) is 0 Å². The van der Waals surface area contributed by atoms with Crippen molar-refractivity contribution >= 4 is 15.9 Å². The maximum Gasteiger partial charge on any atom is 0.251 e. The Bertz CT molecular complexity index is 1110. The second-order valence-electron chi connectivity index (χ2n) is 8.74. The SMILES string of the molecule is CS(=O)(=O)NC(=O)CCCn1ccc(-c2ccc(OCCCCCN3CCOCC3)cc2)cc1=O.